The minimum Gasteiger partial charge on any atom is -0.302 e. The van der Waals surface area contributed by atoms with Crippen LogP contribution in [0, 0.1) is 0 Å². The molecule has 1 fully saturated rings. The van der Waals surface area contributed by atoms with Crippen LogP contribution in [0.3, 0.4) is 0 Å². The van der Waals surface area contributed by atoms with E-state index in [9.17, 15) is 13.2 Å². The van der Waals surface area contributed by atoms with Crippen molar-refractivity contribution in [3.8, 4) is 0 Å². The van der Waals surface area contributed by atoms with E-state index < -0.39 is 15.3 Å². The van der Waals surface area contributed by atoms with Crippen molar-refractivity contribution in [1.29, 1.82) is 0 Å². The zero-order valence-electron chi connectivity index (χ0n) is 6.21. The second kappa shape index (κ2) is 3.93. The van der Waals surface area contributed by atoms with Gasteiger partial charge in [-0.15, -0.1) is 4.40 Å². The second-order valence-corrected chi connectivity index (χ2v) is 5.19. The Bertz CT molecular complexity index is 436. The third-order valence-electron chi connectivity index (χ3n) is 1.10. The lowest BCUT2D eigenvalue weighted by Gasteiger charge is -1.95. The van der Waals surface area contributed by atoms with Crippen molar-refractivity contribution in [1.82, 2.24) is 10.6 Å². The molecule has 1 saturated heterocycles. The Labute approximate surface area is 93.5 Å². The average Bonchev–Trinajstić information content (AvgIpc) is 2.27. The fourth-order valence-corrected chi connectivity index (χ4v) is 1.52. The lowest BCUT2D eigenvalue weighted by Crippen LogP contribution is -2.22. The maximum absolute atomic E-state index is 10.8. The molecule has 0 atom stereocenters. The van der Waals surface area contributed by atoms with Crippen LogP contribution in [0.5, 0.6) is 0 Å². The molecule has 0 radical (unpaired) electrons. The van der Waals surface area contributed by atoms with E-state index in [-0.39, 0.29) is 16.0 Å². The number of hydrogen-bond acceptors (Lipinski definition) is 3. The summed E-state index contributed by atoms with van der Waals surface area (Å²) < 4.78 is 23.8. The van der Waals surface area contributed by atoms with Gasteiger partial charge in [0.2, 0.25) is 0 Å². The predicted octanol–water partition coefficient (Wildman–Crippen LogP) is 0.828. The van der Waals surface area contributed by atoms with Crippen molar-refractivity contribution in [3.63, 3.8) is 0 Å². The van der Waals surface area contributed by atoms with E-state index in [1.165, 1.54) is 0 Å². The maximum Gasteiger partial charge on any atom is 0.341 e. The van der Waals surface area contributed by atoms with Crippen LogP contribution in [0.4, 0.5) is 4.79 Å². The Morgan fingerprint density at radius 2 is 1.86 bits per heavy atom. The fourth-order valence-electron chi connectivity index (χ4n) is 0.688. The number of nitrogens with one attached hydrogen (secondary N) is 2. The number of amides is 2. The van der Waals surface area contributed by atoms with Crippen molar-refractivity contribution < 1.29 is 13.2 Å². The van der Waals surface area contributed by atoms with E-state index in [0.29, 0.717) is 0 Å². The van der Waals surface area contributed by atoms with E-state index in [0.717, 1.165) is 0 Å². The Kier molecular flexibility index (Phi) is 3.25. The molecule has 0 unspecified atom stereocenters. The van der Waals surface area contributed by atoms with Crippen LogP contribution in [-0.2, 0) is 9.24 Å². The van der Waals surface area contributed by atoms with Gasteiger partial charge < -0.3 is 5.32 Å². The van der Waals surface area contributed by atoms with Crippen molar-refractivity contribution in [2.75, 3.05) is 0 Å². The van der Waals surface area contributed by atoms with Gasteiger partial charge in [0.15, 0.2) is 5.84 Å². The van der Waals surface area contributed by atoms with Crippen LogP contribution in [0.1, 0.15) is 0 Å². The number of halogens is 3. The highest BCUT2D eigenvalue weighted by atomic mass is 35.7. The highest BCUT2D eigenvalue weighted by Crippen LogP contribution is 2.16. The first-order valence-corrected chi connectivity index (χ1v) is 6.00. The quantitative estimate of drug-likeness (QED) is 0.696. The van der Waals surface area contributed by atoms with Crippen molar-refractivity contribution in [2.24, 2.45) is 4.40 Å². The standard InChI is InChI=1S/C4H2Cl3N3O3S/c5-2(6)1-3(9-4(11)8-1)10-14(7,12)13/h(H2,8,9,10,11). The largest absolute Gasteiger partial charge is 0.341 e. The molecule has 1 heterocycles. The molecule has 0 aromatic rings. The normalized spacial score (nSPS) is 19.5. The molecule has 6 nitrogen and oxygen atoms in total. The van der Waals surface area contributed by atoms with Gasteiger partial charge in [0.1, 0.15) is 10.2 Å². The first kappa shape index (κ1) is 11.6. The summed E-state index contributed by atoms with van der Waals surface area (Å²) >= 11 is 10.7. The third-order valence-corrected chi connectivity index (χ3v) is 2.08. The molecule has 0 spiro atoms. The van der Waals surface area contributed by atoms with Gasteiger partial charge in [0.25, 0.3) is 0 Å². The lowest BCUT2D eigenvalue weighted by atomic mass is 10.5. The van der Waals surface area contributed by atoms with Gasteiger partial charge in [-0.2, -0.15) is 8.42 Å². The summed E-state index contributed by atoms with van der Waals surface area (Å²) in [5.41, 5.74) is -0.137. The van der Waals surface area contributed by atoms with Crippen molar-refractivity contribution in [2.45, 2.75) is 0 Å². The third kappa shape index (κ3) is 3.02. The lowest BCUT2D eigenvalue weighted by molar-refractivity contribution is 0.250. The molecule has 0 aromatic carbocycles. The molecular formula is C4H2Cl3N3O3S. The maximum atomic E-state index is 10.8. The Morgan fingerprint density at radius 1 is 1.29 bits per heavy atom. The number of urea groups is 1. The SMILES string of the molecule is O=C1NC(=C(Cl)Cl)/C(=N/S(=O)(=O)Cl)N1. The van der Waals surface area contributed by atoms with Gasteiger partial charge in [0, 0.05) is 10.7 Å². The molecular weight excluding hydrogens is 276 g/mol. The predicted molar refractivity (Wildman–Crippen MR) is 52.6 cm³/mol. The highest BCUT2D eigenvalue weighted by molar-refractivity contribution is 8.12. The van der Waals surface area contributed by atoms with Gasteiger partial charge >= 0.3 is 15.3 Å². The Hall–Kier alpha value is -0.500. The molecule has 1 aliphatic heterocycles. The molecule has 0 bridgehead atoms. The number of carbonyl (C=O) groups is 1. The summed E-state index contributed by atoms with van der Waals surface area (Å²) in [6.07, 6.45) is 0. The number of amidine groups is 1. The summed E-state index contributed by atoms with van der Waals surface area (Å²) in [6.45, 7) is 0. The van der Waals surface area contributed by atoms with Gasteiger partial charge in [-0.25, -0.2) is 4.79 Å². The summed E-state index contributed by atoms with van der Waals surface area (Å²) in [7, 11) is 0.684. The summed E-state index contributed by atoms with van der Waals surface area (Å²) in [5.74, 6) is -0.343. The van der Waals surface area contributed by atoms with Gasteiger partial charge in [0.05, 0.1) is 0 Å². The number of nitrogens with zero attached hydrogens (tertiary/aromatic N) is 1. The van der Waals surface area contributed by atoms with Crippen molar-refractivity contribution in [3.05, 3.63) is 10.2 Å². The summed E-state index contributed by atoms with van der Waals surface area (Å²) in [5, 5.41) is 4.19. The van der Waals surface area contributed by atoms with Crippen LogP contribution >= 0.6 is 33.9 Å². The first-order chi connectivity index (χ1) is 6.29. The van der Waals surface area contributed by atoms with Crippen molar-refractivity contribution >= 4 is 55.0 Å². The van der Waals surface area contributed by atoms with Crippen LogP contribution in [0.25, 0.3) is 0 Å². The zero-order chi connectivity index (χ0) is 10.9. The monoisotopic (exact) mass is 277 g/mol. The van der Waals surface area contributed by atoms with E-state index in [4.69, 9.17) is 33.9 Å². The summed E-state index contributed by atoms with van der Waals surface area (Å²) in [6, 6.07) is -0.696. The van der Waals surface area contributed by atoms with E-state index in [2.05, 4.69) is 15.0 Å². The van der Waals surface area contributed by atoms with Crippen LogP contribution in [0.15, 0.2) is 14.6 Å². The van der Waals surface area contributed by atoms with Gasteiger partial charge in [-0.05, 0) is 0 Å². The van der Waals surface area contributed by atoms with Gasteiger partial charge in [-0.3, -0.25) is 5.32 Å². The molecule has 1 rings (SSSR count). The van der Waals surface area contributed by atoms with Crippen LogP contribution < -0.4 is 10.6 Å². The Morgan fingerprint density at radius 3 is 2.29 bits per heavy atom. The molecule has 0 saturated carbocycles. The van der Waals surface area contributed by atoms with E-state index in [1.807, 2.05) is 0 Å². The number of carbonyl (C=O) groups excluding carboxylic acids is 1. The molecule has 10 heteroatoms. The topological polar surface area (TPSA) is 87.6 Å². The molecule has 14 heavy (non-hydrogen) atoms. The minimum atomic E-state index is -4.14. The second-order valence-electron chi connectivity index (χ2n) is 2.07. The van der Waals surface area contributed by atoms with Crippen LogP contribution in [0.2, 0.25) is 0 Å². The molecule has 0 aromatic heterocycles. The van der Waals surface area contributed by atoms with E-state index >= 15 is 0 Å². The zero-order valence-corrected chi connectivity index (χ0v) is 9.30. The molecule has 0 aliphatic carbocycles. The first-order valence-electron chi connectivity index (χ1n) is 2.98. The molecule has 2 N–H and O–H groups in total. The average molecular weight is 279 g/mol. The van der Waals surface area contributed by atoms with E-state index in [1.54, 1.807) is 0 Å². The molecule has 1 aliphatic rings. The Balaban J connectivity index is 3.19. The van der Waals surface area contributed by atoms with Crippen LogP contribution in [-0.4, -0.2) is 20.3 Å². The molecule has 2 amide bonds. The summed E-state index contributed by atoms with van der Waals surface area (Å²) in [4.78, 5) is 10.8. The molecule has 78 valence electrons. The number of rotatable bonds is 1. The smallest absolute Gasteiger partial charge is 0.302 e. The van der Waals surface area contributed by atoms with Gasteiger partial charge in [-0.1, -0.05) is 23.2 Å². The highest BCUT2D eigenvalue weighted by Gasteiger charge is 2.25. The fraction of sp³-hybridized carbons (Fsp3) is 0. The minimum absolute atomic E-state index is 0.137. The number of hydrogen-bond donors (Lipinski definition) is 2.